The lowest BCUT2D eigenvalue weighted by molar-refractivity contribution is -0.122. The fraction of sp³-hybridized carbons (Fsp3) is 0.129. The predicted octanol–water partition coefficient (Wildman–Crippen LogP) is 5.01. The van der Waals surface area contributed by atoms with E-state index in [1.165, 1.54) is 0 Å². The van der Waals surface area contributed by atoms with Crippen molar-refractivity contribution in [3.05, 3.63) is 102 Å². The van der Waals surface area contributed by atoms with Gasteiger partial charge in [0.25, 0.3) is 11.8 Å². The van der Waals surface area contributed by atoms with Crippen LogP contribution in [0.2, 0.25) is 0 Å². The van der Waals surface area contributed by atoms with Crippen LogP contribution in [-0.2, 0) is 22.6 Å². The van der Waals surface area contributed by atoms with Crippen molar-refractivity contribution in [3.63, 3.8) is 0 Å². The number of benzene rings is 3. The summed E-state index contributed by atoms with van der Waals surface area (Å²) in [5.41, 5.74) is 4.48. The maximum Gasteiger partial charge on any atom is 0.415 e. The molecule has 0 aliphatic carbocycles. The van der Waals surface area contributed by atoms with Crippen molar-refractivity contribution >= 4 is 50.9 Å². The van der Waals surface area contributed by atoms with Gasteiger partial charge in [0.1, 0.15) is 11.3 Å². The Labute approximate surface area is 223 Å². The summed E-state index contributed by atoms with van der Waals surface area (Å²) in [6, 6.07) is 22.4. The molecule has 0 atom stereocenters. The predicted molar refractivity (Wildman–Crippen MR) is 146 cm³/mol. The van der Waals surface area contributed by atoms with Crippen LogP contribution in [0.5, 0.6) is 5.75 Å². The monoisotopic (exact) mass is 517 g/mol. The van der Waals surface area contributed by atoms with E-state index in [0.717, 1.165) is 21.9 Å². The molecule has 39 heavy (non-hydrogen) atoms. The molecule has 2 aromatic heterocycles. The first-order chi connectivity index (χ1) is 19.1. The Hall–Kier alpha value is -5.11. The fourth-order valence-corrected chi connectivity index (χ4v) is 5.61. The standard InChI is InChI=1S/C31H23N3O5/c35-29-25(23-11-5-7-20-13-17-38-28(20)23)26(30(36)32-29)24-18-34-16-15-33(31(37)39-21-8-2-1-3-9-21)14-12-19-6-4-10-22(24)27(19)34/h1-11,13,17-18H,12,14-16H2,(H,32,35,36). The molecule has 8 heteroatoms. The van der Waals surface area contributed by atoms with Crippen molar-refractivity contribution in [1.82, 2.24) is 14.8 Å². The summed E-state index contributed by atoms with van der Waals surface area (Å²) in [4.78, 5) is 41.0. The number of para-hydroxylation sites is 3. The zero-order valence-corrected chi connectivity index (χ0v) is 20.8. The molecule has 0 saturated heterocycles. The van der Waals surface area contributed by atoms with Gasteiger partial charge in [-0.2, -0.15) is 0 Å². The summed E-state index contributed by atoms with van der Waals surface area (Å²) < 4.78 is 13.4. The number of aromatic nitrogens is 1. The molecule has 0 unspecified atom stereocenters. The number of nitrogens with one attached hydrogen (secondary N) is 1. The van der Waals surface area contributed by atoms with Crippen molar-refractivity contribution in [1.29, 1.82) is 0 Å². The van der Waals surface area contributed by atoms with Crippen LogP contribution in [0.4, 0.5) is 4.79 Å². The second kappa shape index (κ2) is 9.02. The van der Waals surface area contributed by atoms with Crippen LogP contribution in [-0.4, -0.2) is 40.5 Å². The average molecular weight is 518 g/mol. The second-order valence-electron chi connectivity index (χ2n) is 9.65. The number of carbonyl (C=O) groups is 3. The number of ether oxygens (including phenoxy) is 1. The summed E-state index contributed by atoms with van der Waals surface area (Å²) in [5.74, 6) is -0.389. The number of furan rings is 1. The van der Waals surface area contributed by atoms with E-state index in [0.29, 0.717) is 59.7 Å². The van der Waals surface area contributed by atoms with E-state index in [4.69, 9.17) is 9.15 Å². The van der Waals surface area contributed by atoms with Gasteiger partial charge < -0.3 is 18.6 Å². The van der Waals surface area contributed by atoms with Gasteiger partial charge in [0.15, 0.2) is 0 Å². The van der Waals surface area contributed by atoms with Crippen LogP contribution in [0.3, 0.4) is 0 Å². The number of fused-ring (bicyclic) bond motifs is 1. The molecule has 0 bridgehead atoms. The van der Waals surface area contributed by atoms with Gasteiger partial charge in [-0.15, -0.1) is 0 Å². The number of hydrogen-bond acceptors (Lipinski definition) is 5. The van der Waals surface area contributed by atoms with Crippen molar-refractivity contribution in [2.45, 2.75) is 13.0 Å². The first-order valence-corrected chi connectivity index (χ1v) is 12.8. The highest BCUT2D eigenvalue weighted by molar-refractivity contribution is 6.50. The molecule has 0 saturated carbocycles. The quantitative estimate of drug-likeness (QED) is 0.340. The van der Waals surface area contributed by atoms with Gasteiger partial charge in [0.2, 0.25) is 0 Å². The number of hydrogen-bond donors (Lipinski definition) is 1. The van der Waals surface area contributed by atoms with Crippen molar-refractivity contribution in [2.75, 3.05) is 13.1 Å². The Balaban J connectivity index is 1.31. The largest absolute Gasteiger partial charge is 0.464 e. The van der Waals surface area contributed by atoms with E-state index >= 15 is 0 Å². The van der Waals surface area contributed by atoms with Gasteiger partial charge in [-0.1, -0.05) is 54.6 Å². The van der Waals surface area contributed by atoms with Crippen LogP contribution in [0.1, 0.15) is 16.7 Å². The van der Waals surface area contributed by atoms with E-state index in [2.05, 4.69) is 9.88 Å². The fourth-order valence-electron chi connectivity index (χ4n) is 5.61. The van der Waals surface area contributed by atoms with E-state index in [9.17, 15) is 14.4 Å². The maximum atomic E-state index is 13.2. The summed E-state index contributed by atoms with van der Waals surface area (Å²) in [6.45, 7) is 1.44. The Kier molecular flexibility index (Phi) is 5.33. The highest BCUT2D eigenvalue weighted by Crippen LogP contribution is 2.39. The van der Waals surface area contributed by atoms with E-state index < -0.39 is 17.9 Å². The highest BCUT2D eigenvalue weighted by Gasteiger charge is 2.35. The molecule has 2 aliphatic rings. The third-order valence-corrected chi connectivity index (χ3v) is 7.40. The molecule has 2 aliphatic heterocycles. The molecule has 4 heterocycles. The van der Waals surface area contributed by atoms with E-state index in [1.807, 2.05) is 60.8 Å². The maximum absolute atomic E-state index is 13.2. The number of rotatable bonds is 3. The Bertz CT molecular complexity index is 1830. The van der Waals surface area contributed by atoms with Crippen LogP contribution in [0, 0.1) is 0 Å². The zero-order chi connectivity index (χ0) is 26.5. The second-order valence-corrected chi connectivity index (χ2v) is 9.65. The minimum atomic E-state index is -0.449. The molecule has 7 rings (SSSR count). The van der Waals surface area contributed by atoms with Crippen LogP contribution in [0.15, 0.2) is 89.7 Å². The van der Waals surface area contributed by atoms with Crippen molar-refractivity contribution in [2.24, 2.45) is 0 Å². The molecule has 0 spiro atoms. The topological polar surface area (TPSA) is 93.8 Å². The molecular formula is C31H23N3O5. The average Bonchev–Trinajstić information content (AvgIpc) is 3.63. The summed E-state index contributed by atoms with van der Waals surface area (Å²) in [6.07, 6.45) is 3.70. The van der Waals surface area contributed by atoms with Gasteiger partial charge in [0.05, 0.1) is 22.9 Å². The zero-order valence-electron chi connectivity index (χ0n) is 20.8. The molecule has 192 valence electrons. The Morgan fingerprint density at radius 3 is 2.46 bits per heavy atom. The lowest BCUT2D eigenvalue weighted by Gasteiger charge is -2.25. The van der Waals surface area contributed by atoms with Crippen molar-refractivity contribution in [3.8, 4) is 5.75 Å². The molecule has 3 aromatic carbocycles. The lowest BCUT2D eigenvalue weighted by Crippen LogP contribution is -2.38. The van der Waals surface area contributed by atoms with Gasteiger partial charge in [0, 0.05) is 47.7 Å². The lowest BCUT2D eigenvalue weighted by atomic mass is 9.94. The normalized spacial score (nSPS) is 15.5. The molecule has 1 N–H and O–H groups in total. The SMILES string of the molecule is O=C1NC(=O)C(c2cccc3ccoc23)=C1c1cn2c3c(cccc13)CCN(C(=O)Oc1ccccc1)CC2. The first-order valence-electron chi connectivity index (χ1n) is 12.8. The van der Waals surface area contributed by atoms with Gasteiger partial charge in [-0.25, -0.2) is 4.79 Å². The van der Waals surface area contributed by atoms with Gasteiger partial charge >= 0.3 is 6.09 Å². The third kappa shape index (κ3) is 3.80. The Morgan fingerprint density at radius 1 is 0.821 bits per heavy atom. The molecule has 0 radical (unpaired) electrons. The summed E-state index contributed by atoms with van der Waals surface area (Å²) >= 11 is 0. The molecule has 0 fully saturated rings. The molecule has 5 aromatic rings. The molecule has 3 amide bonds. The first kappa shape index (κ1) is 23.0. The number of imide groups is 1. The molecule has 8 nitrogen and oxygen atoms in total. The molecular weight excluding hydrogens is 494 g/mol. The van der Waals surface area contributed by atoms with Crippen molar-refractivity contribution < 1.29 is 23.5 Å². The minimum Gasteiger partial charge on any atom is -0.464 e. The minimum absolute atomic E-state index is 0.299. The number of amides is 3. The number of nitrogens with zero attached hydrogens (tertiary/aromatic N) is 2. The van der Waals surface area contributed by atoms with Crippen LogP contribution in [0.25, 0.3) is 33.0 Å². The van der Waals surface area contributed by atoms with E-state index in [1.54, 1.807) is 29.4 Å². The van der Waals surface area contributed by atoms with Crippen LogP contribution >= 0.6 is 0 Å². The number of carbonyl (C=O) groups excluding carboxylic acids is 3. The van der Waals surface area contributed by atoms with Gasteiger partial charge in [-0.05, 0) is 30.2 Å². The van der Waals surface area contributed by atoms with Crippen LogP contribution < -0.4 is 10.1 Å². The van der Waals surface area contributed by atoms with Gasteiger partial charge in [-0.3, -0.25) is 14.9 Å². The third-order valence-electron chi connectivity index (χ3n) is 7.40. The smallest absolute Gasteiger partial charge is 0.415 e. The Morgan fingerprint density at radius 2 is 1.62 bits per heavy atom. The summed E-state index contributed by atoms with van der Waals surface area (Å²) in [7, 11) is 0. The summed E-state index contributed by atoms with van der Waals surface area (Å²) in [5, 5.41) is 4.23. The highest BCUT2D eigenvalue weighted by atomic mass is 16.6. The van der Waals surface area contributed by atoms with E-state index in [-0.39, 0.29) is 0 Å².